The normalized spacial score (nSPS) is 18.3. The zero-order valence-corrected chi connectivity index (χ0v) is 13.9. The zero-order valence-electron chi connectivity index (χ0n) is 10.9. The van der Waals surface area contributed by atoms with Gasteiger partial charge in [0.1, 0.15) is 0 Å². The monoisotopic (exact) mass is 384 g/mol. The first-order chi connectivity index (χ1) is 9.24. The lowest BCUT2D eigenvalue weighted by atomic mass is 9.94. The number of nitrogens with one attached hydrogen (secondary N) is 1. The Morgan fingerprint density at radius 3 is 3.26 bits per heavy atom. The molecule has 1 unspecified atom stereocenters. The molecule has 0 spiro atoms. The summed E-state index contributed by atoms with van der Waals surface area (Å²) in [5.74, 6) is 0. The SMILES string of the molecule is Cc1cccnc1CNC1CCCc2sc(I)cc21. The molecule has 2 nitrogen and oxygen atoms in total. The fraction of sp³-hybridized carbons (Fsp3) is 0.400. The van der Waals surface area contributed by atoms with E-state index in [2.05, 4.69) is 51.9 Å². The first-order valence-electron chi connectivity index (χ1n) is 6.66. The quantitative estimate of drug-likeness (QED) is 0.802. The molecule has 1 atom stereocenters. The maximum Gasteiger partial charge on any atom is 0.0659 e. The van der Waals surface area contributed by atoms with E-state index in [0.717, 1.165) is 6.54 Å². The standard InChI is InChI=1S/C15H17IN2S/c1-10-4-3-7-17-13(10)9-18-12-5-2-6-14-11(12)8-15(16)19-14/h3-4,7-8,12,18H,2,5-6,9H2,1H3. The van der Waals surface area contributed by atoms with Crippen LogP contribution in [-0.4, -0.2) is 4.98 Å². The maximum absolute atomic E-state index is 4.46. The molecule has 1 aliphatic rings. The van der Waals surface area contributed by atoms with Crippen molar-refractivity contribution in [3.8, 4) is 0 Å². The van der Waals surface area contributed by atoms with Crippen molar-refractivity contribution in [3.05, 3.63) is 49.0 Å². The summed E-state index contributed by atoms with van der Waals surface area (Å²) >= 11 is 4.38. The summed E-state index contributed by atoms with van der Waals surface area (Å²) in [6.45, 7) is 2.99. The second-order valence-electron chi connectivity index (χ2n) is 5.02. The fourth-order valence-electron chi connectivity index (χ4n) is 2.66. The third kappa shape index (κ3) is 3.01. The Hall–Kier alpha value is -0.460. The Bertz CT molecular complexity index is 579. The molecule has 19 heavy (non-hydrogen) atoms. The minimum Gasteiger partial charge on any atom is -0.304 e. The third-order valence-electron chi connectivity index (χ3n) is 3.72. The van der Waals surface area contributed by atoms with E-state index in [-0.39, 0.29) is 0 Å². The maximum atomic E-state index is 4.46. The van der Waals surface area contributed by atoms with Crippen LogP contribution in [0.5, 0.6) is 0 Å². The van der Waals surface area contributed by atoms with Gasteiger partial charge in [-0.2, -0.15) is 0 Å². The molecule has 4 heteroatoms. The van der Waals surface area contributed by atoms with Gasteiger partial charge >= 0.3 is 0 Å². The number of aromatic nitrogens is 1. The molecule has 3 rings (SSSR count). The van der Waals surface area contributed by atoms with E-state index >= 15 is 0 Å². The van der Waals surface area contributed by atoms with Crippen LogP contribution in [0.1, 0.15) is 40.6 Å². The Kier molecular flexibility index (Phi) is 4.19. The first-order valence-corrected chi connectivity index (χ1v) is 8.55. The first kappa shape index (κ1) is 13.5. The molecule has 0 aromatic carbocycles. The average Bonchev–Trinajstić information content (AvgIpc) is 2.78. The summed E-state index contributed by atoms with van der Waals surface area (Å²) < 4.78 is 1.41. The van der Waals surface area contributed by atoms with Crippen molar-refractivity contribution in [3.63, 3.8) is 0 Å². The van der Waals surface area contributed by atoms with E-state index in [4.69, 9.17) is 0 Å². The summed E-state index contributed by atoms with van der Waals surface area (Å²) in [5, 5.41) is 3.69. The number of hydrogen-bond acceptors (Lipinski definition) is 3. The summed E-state index contributed by atoms with van der Waals surface area (Å²) in [6, 6.07) is 6.98. The van der Waals surface area contributed by atoms with Crippen LogP contribution in [-0.2, 0) is 13.0 Å². The van der Waals surface area contributed by atoms with E-state index in [1.807, 2.05) is 23.6 Å². The number of hydrogen-bond donors (Lipinski definition) is 1. The molecule has 1 N–H and O–H groups in total. The van der Waals surface area contributed by atoms with Crippen LogP contribution >= 0.6 is 33.9 Å². The largest absolute Gasteiger partial charge is 0.304 e. The van der Waals surface area contributed by atoms with Gasteiger partial charge in [0.05, 0.1) is 8.58 Å². The van der Waals surface area contributed by atoms with Crippen LogP contribution in [0.15, 0.2) is 24.4 Å². The van der Waals surface area contributed by atoms with Crippen LogP contribution in [0.4, 0.5) is 0 Å². The van der Waals surface area contributed by atoms with Gasteiger partial charge in [-0.25, -0.2) is 0 Å². The number of aryl methyl sites for hydroxylation is 2. The van der Waals surface area contributed by atoms with Crippen molar-refractivity contribution < 1.29 is 0 Å². The molecule has 0 aliphatic heterocycles. The predicted octanol–water partition coefficient (Wildman–Crippen LogP) is 4.22. The predicted molar refractivity (Wildman–Crippen MR) is 88.5 cm³/mol. The molecule has 0 amide bonds. The summed E-state index contributed by atoms with van der Waals surface area (Å²) in [5.41, 5.74) is 3.96. The number of fused-ring (bicyclic) bond motifs is 1. The van der Waals surface area contributed by atoms with Gasteiger partial charge < -0.3 is 5.32 Å². The van der Waals surface area contributed by atoms with E-state index in [1.54, 1.807) is 4.88 Å². The van der Waals surface area contributed by atoms with Gasteiger partial charge in [-0.1, -0.05) is 6.07 Å². The molecule has 2 aromatic rings. The Labute approximate surface area is 131 Å². The summed E-state index contributed by atoms with van der Waals surface area (Å²) in [6.07, 6.45) is 5.67. The van der Waals surface area contributed by atoms with Crippen molar-refractivity contribution in [1.29, 1.82) is 0 Å². The van der Waals surface area contributed by atoms with Crippen LogP contribution in [0, 0.1) is 9.81 Å². The molecule has 0 fully saturated rings. The highest BCUT2D eigenvalue weighted by atomic mass is 127. The van der Waals surface area contributed by atoms with Crippen LogP contribution in [0.3, 0.4) is 0 Å². The van der Waals surface area contributed by atoms with Gasteiger partial charge in [-0.05, 0) is 72.0 Å². The number of halogens is 1. The minimum absolute atomic E-state index is 0.505. The average molecular weight is 384 g/mol. The van der Waals surface area contributed by atoms with E-state index < -0.39 is 0 Å². The Balaban J connectivity index is 1.73. The molecular formula is C15H17IN2S. The number of thiophene rings is 1. The smallest absolute Gasteiger partial charge is 0.0659 e. The number of rotatable bonds is 3. The van der Waals surface area contributed by atoms with Crippen molar-refractivity contribution in [2.45, 2.75) is 38.8 Å². The third-order valence-corrected chi connectivity index (χ3v) is 5.69. The molecule has 2 heterocycles. The lowest BCUT2D eigenvalue weighted by molar-refractivity contribution is 0.459. The molecule has 0 bridgehead atoms. The molecule has 1 aliphatic carbocycles. The Morgan fingerprint density at radius 2 is 2.42 bits per heavy atom. The van der Waals surface area contributed by atoms with Gasteiger partial charge in [0, 0.05) is 23.7 Å². The highest BCUT2D eigenvalue weighted by Gasteiger charge is 2.22. The topological polar surface area (TPSA) is 24.9 Å². The van der Waals surface area contributed by atoms with E-state index in [1.165, 1.54) is 39.0 Å². The van der Waals surface area contributed by atoms with Gasteiger partial charge in [0.2, 0.25) is 0 Å². The fourth-order valence-corrected chi connectivity index (χ4v) is 4.78. The van der Waals surface area contributed by atoms with Crippen LogP contribution in [0.2, 0.25) is 0 Å². The van der Waals surface area contributed by atoms with Crippen LogP contribution < -0.4 is 5.32 Å². The summed E-state index contributed by atoms with van der Waals surface area (Å²) in [7, 11) is 0. The second kappa shape index (κ2) is 5.89. The molecular weight excluding hydrogens is 367 g/mol. The van der Waals surface area contributed by atoms with Crippen molar-refractivity contribution >= 4 is 33.9 Å². The van der Waals surface area contributed by atoms with Gasteiger partial charge in [0.25, 0.3) is 0 Å². The number of pyridine rings is 1. The van der Waals surface area contributed by atoms with Gasteiger partial charge in [-0.15, -0.1) is 11.3 Å². The van der Waals surface area contributed by atoms with Crippen molar-refractivity contribution in [1.82, 2.24) is 10.3 Å². The van der Waals surface area contributed by atoms with Gasteiger partial charge in [0.15, 0.2) is 0 Å². The zero-order chi connectivity index (χ0) is 13.2. The van der Waals surface area contributed by atoms with Crippen LogP contribution in [0.25, 0.3) is 0 Å². The molecule has 2 aromatic heterocycles. The highest BCUT2D eigenvalue weighted by molar-refractivity contribution is 14.1. The molecule has 100 valence electrons. The highest BCUT2D eigenvalue weighted by Crippen LogP contribution is 2.36. The summed E-state index contributed by atoms with van der Waals surface area (Å²) in [4.78, 5) is 6.04. The minimum atomic E-state index is 0.505. The Morgan fingerprint density at radius 1 is 1.53 bits per heavy atom. The molecule has 0 radical (unpaired) electrons. The molecule has 0 saturated carbocycles. The van der Waals surface area contributed by atoms with Gasteiger partial charge in [-0.3, -0.25) is 4.98 Å². The lowest BCUT2D eigenvalue weighted by Crippen LogP contribution is -2.24. The lowest BCUT2D eigenvalue weighted by Gasteiger charge is -2.23. The van der Waals surface area contributed by atoms with E-state index in [9.17, 15) is 0 Å². The van der Waals surface area contributed by atoms with Crippen molar-refractivity contribution in [2.75, 3.05) is 0 Å². The van der Waals surface area contributed by atoms with Crippen molar-refractivity contribution in [2.24, 2.45) is 0 Å². The molecule has 0 saturated heterocycles. The van der Waals surface area contributed by atoms with E-state index in [0.29, 0.717) is 6.04 Å². The number of nitrogens with zero attached hydrogens (tertiary/aromatic N) is 1. The second-order valence-corrected chi connectivity index (χ2v) is 8.05.